The minimum atomic E-state index is -3.80. The second-order valence-corrected chi connectivity index (χ2v) is 7.65. The maximum Gasteiger partial charge on any atom is 0.251 e. The molecule has 3 N–H and O–H groups in total. The third-order valence-electron chi connectivity index (χ3n) is 2.94. The second kappa shape index (κ2) is 5.93. The molecule has 0 radical (unpaired) electrons. The summed E-state index contributed by atoms with van der Waals surface area (Å²) in [4.78, 5) is 12.0. The molecule has 0 fully saturated rings. The molecule has 1 amide bonds. The Balaban J connectivity index is 2.88. The monoisotopic (exact) mass is 298 g/mol. The van der Waals surface area contributed by atoms with Crippen LogP contribution in [0.25, 0.3) is 0 Å². The van der Waals surface area contributed by atoms with E-state index in [0.717, 1.165) is 6.42 Å². The number of hydrogen-bond donors (Lipinski definition) is 2. The molecule has 0 heterocycles. The molecular weight excluding hydrogens is 276 g/mol. The summed E-state index contributed by atoms with van der Waals surface area (Å²) in [5, 5.41) is 7.87. The number of rotatable bonds is 4. The lowest BCUT2D eigenvalue weighted by Crippen LogP contribution is -2.28. The average Bonchev–Trinajstić information content (AvgIpc) is 2.25. The van der Waals surface area contributed by atoms with Gasteiger partial charge < -0.3 is 5.32 Å². The molecule has 0 aliphatic rings. The highest BCUT2D eigenvalue weighted by Crippen LogP contribution is 2.18. The molecule has 0 unspecified atom stereocenters. The number of nitrogens with one attached hydrogen (secondary N) is 1. The summed E-state index contributed by atoms with van der Waals surface area (Å²) in [5.74, 6) is -0.280. The fourth-order valence-corrected chi connectivity index (χ4v) is 2.21. The number of amides is 1. The first-order chi connectivity index (χ1) is 9.00. The number of primary sulfonamides is 1. The van der Waals surface area contributed by atoms with Crippen molar-refractivity contribution in [3.8, 4) is 0 Å². The van der Waals surface area contributed by atoms with E-state index in [2.05, 4.69) is 26.1 Å². The molecule has 20 heavy (non-hydrogen) atoms. The van der Waals surface area contributed by atoms with Crippen molar-refractivity contribution in [1.82, 2.24) is 5.32 Å². The third-order valence-corrected chi connectivity index (χ3v) is 3.85. The summed E-state index contributed by atoms with van der Waals surface area (Å²) in [5.41, 5.74) is 1.18. The Morgan fingerprint density at radius 3 is 2.40 bits per heavy atom. The summed E-state index contributed by atoms with van der Waals surface area (Å²) in [7, 11) is -3.80. The average molecular weight is 298 g/mol. The molecule has 0 saturated heterocycles. The van der Waals surface area contributed by atoms with Gasteiger partial charge in [0.2, 0.25) is 10.0 Å². The number of nitrogens with two attached hydrogens (primary N) is 1. The van der Waals surface area contributed by atoms with Crippen molar-refractivity contribution >= 4 is 15.9 Å². The highest BCUT2D eigenvalue weighted by atomic mass is 32.2. The van der Waals surface area contributed by atoms with Gasteiger partial charge in [0.15, 0.2) is 0 Å². The van der Waals surface area contributed by atoms with Crippen molar-refractivity contribution in [2.75, 3.05) is 6.54 Å². The van der Waals surface area contributed by atoms with Crippen molar-refractivity contribution in [2.24, 2.45) is 10.6 Å². The molecule has 0 saturated carbocycles. The fourth-order valence-electron chi connectivity index (χ4n) is 1.67. The zero-order valence-electron chi connectivity index (χ0n) is 12.4. The Labute approximate surface area is 120 Å². The first-order valence-electron chi connectivity index (χ1n) is 6.42. The quantitative estimate of drug-likeness (QED) is 0.888. The molecule has 0 bridgehead atoms. The van der Waals surface area contributed by atoms with Gasteiger partial charge in [0.1, 0.15) is 0 Å². The Kier molecular flexibility index (Phi) is 4.94. The maximum absolute atomic E-state index is 12.1. The zero-order valence-corrected chi connectivity index (χ0v) is 13.2. The van der Waals surface area contributed by atoms with E-state index in [1.54, 1.807) is 13.0 Å². The van der Waals surface area contributed by atoms with Crippen LogP contribution < -0.4 is 10.5 Å². The Bertz CT molecular complexity index is 601. The lowest BCUT2D eigenvalue weighted by molar-refractivity contribution is 0.0948. The standard InChI is InChI=1S/C14H22N2O3S/c1-10-5-6-11(20(15,18)19)9-12(10)13(17)16-8-7-14(2,3)4/h5-6,9H,7-8H2,1-4H3,(H,16,17)(H2,15,18,19). The van der Waals surface area contributed by atoms with Gasteiger partial charge in [0.05, 0.1) is 4.90 Å². The van der Waals surface area contributed by atoms with Crippen LogP contribution in [-0.4, -0.2) is 20.9 Å². The van der Waals surface area contributed by atoms with Crippen LogP contribution in [0.3, 0.4) is 0 Å². The van der Waals surface area contributed by atoms with Gasteiger partial charge in [-0.1, -0.05) is 26.8 Å². The van der Waals surface area contributed by atoms with Gasteiger partial charge in [-0.3, -0.25) is 4.79 Å². The number of carbonyl (C=O) groups is 1. The first-order valence-corrected chi connectivity index (χ1v) is 7.97. The molecule has 6 heteroatoms. The molecule has 1 aromatic rings. The molecular formula is C14H22N2O3S. The van der Waals surface area contributed by atoms with Crippen molar-refractivity contribution < 1.29 is 13.2 Å². The largest absolute Gasteiger partial charge is 0.352 e. The number of aryl methyl sites for hydroxylation is 1. The van der Waals surface area contributed by atoms with Gasteiger partial charge >= 0.3 is 0 Å². The normalized spacial score (nSPS) is 12.2. The summed E-state index contributed by atoms with van der Waals surface area (Å²) in [6.45, 7) is 8.57. The Morgan fingerprint density at radius 2 is 1.90 bits per heavy atom. The SMILES string of the molecule is Cc1ccc(S(N)(=O)=O)cc1C(=O)NCCC(C)(C)C. The van der Waals surface area contributed by atoms with E-state index in [1.165, 1.54) is 12.1 Å². The predicted molar refractivity (Wildman–Crippen MR) is 79.0 cm³/mol. The van der Waals surface area contributed by atoms with Gasteiger partial charge in [-0.15, -0.1) is 0 Å². The van der Waals surface area contributed by atoms with Crippen molar-refractivity contribution in [1.29, 1.82) is 0 Å². The molecule has 5 nitrogen and oxygen atoms in total. The summed E-state index contributed by atoms with van der Waals surface area (Å²) in [6.07, 6.45) is 0.840. The molecule has 0 aliphatic heterocycles. The Hall–Kier alpha value is -1.40. The summed E-state index contributed by atoms with van der Waals surface area (Å²) < 4.78 is 22.6. The van der Waals surface area contributed by atoms with Crippen LogP contribution in [0.15, 0.2) is 23.1 Å². The van der Waals surface area contributed by atoms with Crippen LogP contribution in [0.5, 0.6) is 0 Å². The summed E-state index contributed by atoms with van der Waals surface area (Å²) >= 11 is 0. The Morgan fingerprint density at radius 1 is 1.30 bits per heavy atom. The molecule has 1 rings (SSSR count). The molecule has 0 aliphatic carbocycles. The number of benzene rings is 1. The van der Waals surface area contributed by atoms with Gasteiger partial charge in [-0.25, -0.2) is 13.6 Å². The van der Waals surface area contributed by atoms with Gasteiger partial charge in [-0.05, 0) is 36.5 Å². The smallest absolute Gasteiger partial charge is 0.251 e. The van der Waals surface area contributed by atoms with Crippen LogP contribution in [0.2, 0.25) is 0 Å². The van der Waals surface area contributed by atoms with E-state index in [9.17, 15) is 13.2 Å². The fraction of sp³-hybridized carbons (Fsp3) is 0.500. The summed E-state index contributed by atoms with van der Waals surface area (Å²) in [6, 6.07) is 4.30. The maximum atomic E-state index is 12.1. The van der Waals surface area contributed by atoms with Crippen LogP contribution in [0.1, 0.15) is 43.1 Å². The highest BCUT2D eigenvalue weighted by Gasteiger charge is 2.15. The minimum Gasteiger partial charge on any atom is -0.352 e. The van der Waals surface area contributed by atoms with E-state index in [-0.39, 0.29) is 16.2 Å². The number of carbonyl (C=O) groups excluding carboxylic acids is 1. The number of sulfonamides is 1. The predicted octanol–water partition coefficient (Wildman–Crippen LogP) is 1.81. The van der Waals surface area contributed by atoms with Crippen LogP contribution in [0.4, 0.5) is 0 Å². The lowest BCUT2D eigenvalue weighted by atomic mass is 9.92. The van der Waals surface area contributed by atoms with Crippen LogP contribution >= 0.6 is 0 Å². The molecule has 0 aromatic heterocycles. The topological polar surface area (TPSA) is 89.3 Å². The zero-order chi connectivity index (χ0) is 15.6. The molecule has 1 aromatic carbocycles. The van der Waals surface area contributed by atoms with E-state index >= 15 is 0 Å². The second-order valence-electron chi connectivity index (χ2n) is 6.09. The van der Waals surface area contributed by atoms with Gasteiger partial charge in [-0.2, -0.15) is 0 Å². The van der Waals surface area contributed by atoms with Crippen molar-refractivity contribution in [2.45, 2.75) is 39.0 Å². The van der Waals surface area contributed by atoms with E-state index < -0.39 is 10.0 Å². The third kappa shape index (κ3) is 4.94. The van der Waals surface area contributed by atoms with Crippen molar-refractivity contribution in [3.63, 3.8) is 0 Å². The van der Waals surface area contributed by atoms with Crippen LogP contribution in [0, 0.1) is 12.3 Å². The van der Waals surface area contributed by atoms with E-state index in [4.69, 9.17) is 5.14 Å². The lowest BCUT2D eigenvalue weighted by Gasteiger charge is -2.18. The van der Waals surface area contributed by atoms with Crippen LogP contribution in [-0.2, 0) is 10.0 Å². The van der Waals surface area contributed by atoms with Gasteiger partial charge in [0, 0.05) is 12.1 Å². The highest BCUT2D eigenvalue weighted by molar-refractivity contribution is 7.89. The molecule has 0 spiro atoms. The minimum absolute atomic E-state index is 0.0518. The van der Waals surface area contributed by atoms with Crippen molar-refractivity contribution in [3.05, 3.63) is 29.3 Å². The van der Waals surface area contributed by atoms with E-state index in [0.29, 0.717) is 17.7 Å². The first kappa shape index (κ1) is 16.7. The van der Waals surface area contributed by atoms with Gasteiger partial charge in [0.25, 0.3) is 5.91 Å². The molecule has 112 valence electrons. The van der Waals surface area contributed by atoms with E-state index in [1.807, 2.05) is 0 Å². The molecule has 0 atom stereocenters. The number of hydrogen-bond acceptors (Lipinski definition) is 3.